The highest BCUT2D eigenvalue weighted by Gasteiger charge is 2.35. The molecule has 2 aromatic carbocycles. The van der Waals surface area contributed by atoms with Crippen molar-refractivity contribution in [1.29, 1.82) is 5.26 Å². The Kier molecular flexibility index (Phi) is 11.0. The molecule has 0 atom stereocenters. The van der Waals surface area contributed by atoms with Crippen LogP contribution in [-0.2, 0) is 0 Å². The summed E-state index contributed by atoms with van der Waals surface area (Å²) in [4.78, 5) is 0. The van der Waals surface area contributed by atoms with Crippen LogP contribution in [0.15, 0.2) is 48.5 Å². The van der Waals surface area contributed by atoms with Gasteiger partial charge < -0.3 is 4.74 Å². The molecule has 0 aliphatic heterocycles. The molecule has 184 valence electrons. The van der Waals surface area contributed by atoms with Gasteiger partial charge in [-0.25, -0.2) is 0 Å². The van der Waals surface area contributed by atoms with Crippen LogP contribution in [0.4, 0.5) is 0 Å². The maximum absolute atomic E-state index is 9.87. The minimum absolute atomic E-state index is 0.0660. The van der Waals surface area contributed by atoms with Crippen LogP contribution in [0.5, 0.6) is 5.75 Å². The number of nitrogens with zero attached hydrogens (tertiary/aromatic N) is 1. The molecule has 0 radical (unpaired) electrons. The number of benzene rings is 2. The second-order valence-electron chi connectivity index (χ2n) is 10.4. The maximum Gasteiger partial charge on any atom is 0.119 e. The summed E-state index contributed by atoms with van der Waals surface area (Å²) in [5.41, 5.74) is 3.86. The first-order valence-electron chi connectivity index (χ1n) is 13.9. The number of nitriles is 1. The topological polar surface area (TPSA) is 33.0 Å². The summed E-state index contributed by atoms with van der Waals surface area (Å²) in [5.74, 6) is 1.56. The van der Waals surface area contributed by atoms with Gasteiger partial charge in [-0.1, -0.05) is 102 Å². The van der Waals surface area contributed by atoms with Crippen LogP contribution in [0.1, 0.15) is 115 Å². The number of ether oxygens (including phenoxy) is 1. The van der Waals surface area contributed by atoms with E-state index in [1.54, 1.807) is 0 Å². The largest absolute Gasteiger partial charge is 0.494 e. The molecule has 0 amide bonds. The van der Waals surface area contributed by atoms with Gasteiger partial charge >= 0.3 is 0 Å². The van der Waals surface area contributed by atoms with E-state index in [9.17, 15) is 5.26 Å². The van der Waals surface area contributed by atoms with Crippen molar-refractivity contribution in [1.82, 2.24) is 0 Å². The average molecular weight is 460 g/mol. The van der Waals surface area contributed by atoms with Crippen LogP contribution in [0.25, 0.3) is 11.1 Å². The molecular formula is C32H45NO. The lowest BCUT2D eigenvalue weighted by molar-refractivity contribution is 0.223. The van der Waals surface area contributed by atoms with Crippen molar-refractivity contribution < 1.29 is 4.74 Å². The standard InChI is InChI=1S/C32H45NO/c1-3-5-7-9-11-25-34-31-18-16-29(17-19-31)27-12-14-28(15-13-27)30-20-23-32(26-33,24-21-30)22-10-8-6-4-2/h12-19,30H,3-11,20-25H2,1-2H3/t30-,32-. The highest BCUT2D eigenvalue weighted by Crippen LogP contribution is 2.45. The SMILES string of the molecule is CCCCCCCOc1ccc(-c2ccc([C@H]3CC[C@@](C#N)(CCCCCC)CC3)cc2)cc1. The first kappa shape index (κ1) is 26.3. The van der Waals surface area contributed by atoms with Gasteiger partial charge in [-0.3, -0.25) is 0 Å². The lowest BCUT2D eigenvalue weighted by Gasteiger charge is -2.35. The maximum atomic E-state index is 9.87. The number of rotatable bonds is 14. The van der Waals surface area contributed by atoms with Crippen LogP contribution in [0, 0.1) is 16.7 Å². The molecule has 1 fully saturated rings. The van der Waals surface area contributed by atoms with Crippen LogP contribution in [0.3, 0.4) is 0 Å². The van der Waals surface area contributed by atoms with E-state index in [1.165, 1.54) is 68.1 Å². The van der Waals surface area contributed by atoms with Crippen molar-refractivity contribution >= 4 is 0 Å². The Balaban J connectivity index is 1.47. The lowest BCUT2D eigenvalue weighted by Crippen LogP contribution is -2.25. The van der Waals surface area contributed by atoms with Gasteiger partial charge in [0.15, 0.2) is 0 Å². The lowest BCUT2D eigenvalue weighted by atomic mass is 9.67. The van der Waals surface area contributed by atoms with Crippen molar-refractivity contribution in [3.05, 3.63) is 54.1 Å². The number of hydrogen-bond donors (Lipinski definition) is 0. The number of hydrogen-bond acceptors (Lipinski definition) is 2. The fraction of sp³-hybridized carbons (Fsp3) is 0.594. The van der Waals surface area contributed by atoms with Crippen molar-refractivity contribution in [3.63, 3.8) is 0 Å². The highest BCUT2D eigenvalue weighted by atomic mass is 16.5. The van der Waals surface area contributed by atoms with Gasteiger partial charge in [-0.15, -0.1) is 0 Å². The average Bonchev–Trinajstić information content (AvgIpc) is 2.89. The van der Waals surface area contributed by atoms with Gasteiger partial charge in [0.2, 0.25) is 0 Å². The third-order valence-electron chi connectivity index (χ3n) is 7.78. The Morgan fingerprint density at radius 2 is 1.32 bits per heavy atom. The normalized spacial score (nSPS) is 20.1. The third kappa shape index (κ3) is 7.90. The van der Waals surface area contributed by atoms with Crippen molar-refractivity contribution in [2.24, 2.45) is 5.41 Å². The molecule has 1 aliphatic rings. The second kappa shape index (κ2) is 14.2. The molecule has 34 heavy (non-hydrogen) atoms. The van der Waals surface area contributed by atoms with Gasteiger partial charge in [0.05, 0.1) is 18.1 Å². The molecule has 2 heteroatoms. The molecular weight excluding hydrogens is 414 g/mol. The van der Waals surface area contributed by atoms with E-state index in [2.05, 4.69) is 68.4 Å². The van der Waals surface area contributed by atoms with Gasteiger partial charge in [-0.05, 0) is 73.3 Å². The Morgan fingerprint density at radius 3 is 1.91 bits per heavy atom. The van der Waals surface area contributed by atoms with E-state index in [0.717, 1.165) is 50.9 Å². The first-order chi connectivity index (χ1) is 16.7. The number of unbranched alkanes of at least 4 members (excludes halogenated alkanes) is 7. The van der Waals surface area contributed by atoms with Gasteiger partial charge in [0.25, 0.3) is 0 Å². The molecule has 0 saturated heterocycles. The van der Waals surface area contributed by atoms with Gasteiger partial charge in [0.1, 0.15) is 5.75 Å². The monoisotopic (exact) mass is 459 g/mol. The minimum Gasteiger partial charge on any atom is -0.494 e. The van der Waals surface area contributed by atoms with Crippen LogP contribution >= 0.6 is 0 Å². The van der Waals surface area contributed by atoms with Gasteiger partial charge in [0, 0.05) is 0 Å². The Bertz CT molecular complexity index is 853. The Morgan fingerprint density at radius 1 is 0.765 bits per heavy atom. The highest BCUT2D eigenvalue weighted by molar-refractivity contribution is 5.64. The van der Waals surface area contributed by atoms with Crippen LogP contribution < -0.4 is 4.74 Å². The smallest absolute Gasteiger partial charge is 0.119 e. The third-order valence-corrected chi connectivity index (χ3v) is 7.78. The summed E-state index contributed by atoms with van der Waals surface area (Å²) in [6.45, 7) is 5.31. The fourth-order valence-corrected chi connectivity index (χ4v) is 5.40. The molecule has 0 heterocycles. The second-order valence-corrected chi connectivity index (χ2v) is 10.4. The van der Waals surface area contributed by atoms with E-state index < -0.39 is 0 Å². The molecule has 0 unspecified atom stereocenters. The van der Waals surface area contributed by atoms with E-state index in [0.29, 0.717) is 5.92 Å². The Hall–Kier alpha value is -2.27. The molecule has 2 aromatic rings. The summed E-state index contributed by atoms with van der Waals surface area (Å²) in [5, 5.41) is 9.87. The zero-order valence-electron chi connectivity index (χ0n) is 21.7. The molecule has 3 rings (SSSR count). The molecule has 0 spiro atoms. The molecule has 0 N–H and O–H groups in total. The molecule has 2 nitrogen and oxygen atoms in total. The van der Waals surface area contributed by atoms with Gasteiger partial charge in [-0.2, -0.15) is 5.26 Å². The molecule has 0 aromatic heterocycles. The van der Waals surface area contributed by atoms with E-state index >= 15 is 0 Å². The molecule has 1 saturated carbocycles. The predicted molar refractivity (Wildman–Crippen MR) is 144 cm³/mol. The summed E-state index contributed by atoms with van der Waals surface area (Å²) < 4.78 is 5.92. The summed E-state index contributed by atoms with van der Waals surface area (Å²) >= 11 is 0. The quantitative estimate of drug-likeness (QED) is 0.263. The van der Waals surface area contributed by atoms with Crippen molar-refractivity contribution in [2.45, 2.75) is 110 Å². The zero-order chi connectivity index (χ0) is 24.1. The van der Waals surface area contributed by atoms with Crippen LogP contribution in [0.2, 0.25) is 0 Å². The zero-order valence-corrected chi connectivity index (χ0v) is 21.7. The predicted octanol–water partition coefficient (Wildman–Crippen LogP) is 9.84. The molecule has 0 bridgehead atoms. The summed E-state index contributed by atoms with van der Waals surface area (Å²) in [6.07, 6.45) is 16.9. The van der Waals surface area contributed by atoms with E-state index in [1.807, 2.05) is 0 Å². The van der Waals surface area contributed by atoms with E-state index in [-0.39, 0.29) is 5.41 Å². The van der Waals surface area contributed by atoms with E-state index in [4.69, 9.17) is 4.74 Å². The molecule has 1 aliphatic carbocycles. The van der Waals surface area contributed by atoms with Crippen LogP contribution in [-0.4, -0.2) is 6.61 Å². The minimum atomic E-state index is -0.0660. The summed E-state index contributed by atoms with van der Waals surface area (Å²) in [7, 11) is 0. The van der Waals surface area contributed by atoms with Crippen molar-refractivity contribution in [3.8, 4) is 22.9 Å². The fourth-order valence-electron chi connectivity index (χ4n) is 5.40. The Labute approximate surface area is 208 Å². The van der Waals surface area contributed by atoms with Crippen molar-refractivity contribution in [2.75, 3.05) is 6.61 Å². The first-order valence-corrected chi connectivity index (χ1v) is 13.9. The summed E-state index contributed by atoms with van der Waals surface area (Å²) in [6, 6.07) is 20.4.